The van der Waals surface area contributed by atoms with Gasteiger partial charge in [-0.25, -0.2) is 0 Å². The Morgan fingerprint density at radius 3 is 2.81 bits per heavy atom. The van der Waals surface area contributed by atoms with Gasteiger partial charge in [-0.3, -0.25) is 14.4 Å². The molecule has 0 bridgehead atoms. The minimum absolute atomic E-state index is 0.0479. The van der Waals surface area contributed by atoms with Crippen LogP contribution in [0.25, 0.3) is 0 Å². The van der Waals surface area contributed by atoms with Crippen molar-refractivity contribution >= 4 is 5.91 Å². The van der Waals surface area contributed by atoms with Gasteiger partial charge in [0.2, 0.25) is 0 Å². The van der Waals surface area contributed by atoms with Gasteiger partial charge in [-0.2, -0.15) is 5.10 Å². The number of carbonyl (C=O) groups excluding carboxylic acids is 1. The van der Waals surface area contributed by atoms with Gasteiger partial charge in [0.15, 0.2) is 11.5 Å². The van der Waals surface area contributed by atoms with Crippen molar-refractivity contribution in [2.24, 2.45) is 7.05 Å². The van der Waals surface area contributed by atoms with Crippen LogP contribution in [0.2, 0.25) is 0 Å². The molecule has 1 amide bonds. The molecule has 2 fully saturated rings. The van der Waals surface area contributed by atoms with Crippen molar-refractivity contribution in [3.05, 3.63) is 41.2 Å². The van der Waals surface area contributed by atoms with Crippen LogP contribution >= 0.6 is 0 Å². The Kier molecular flexibility index (Phi) is 6.71. The SMILES string of the molecule is CCOc1cccc(CN2CCC3(CCC(CNC(=O)c4cc(C)nn4C)O3)CC2)c1O. The minimum Gasteiger partial charge on any atom is -0.504 e. The maximum absolute atomic E-state index is 12.4. The van der Waals surface area contributed by atoms with E-state index in [0.29, 0.717) is 31.1 Å². The van der Waals surface area contributed by atoms with Crippen LogP contribution in [0.5, 0.6) is 11.5 Å². The number of carbonyl (C=O) groups is 1. The topological polar surface area (TPSA) is 88.9 Å². The Morgan fingerprint density at radius 2 is 2.12 bits per heavy atom. The predicted octanol–water partition coefficient (Wildman–Crippen LogP) is 2.78. The maximum atomic E-state index is 12.4. The first-order chi connectivity index (χ1) is 15.4. The third-order valence-electron chi connectivity index (χ3n) is 6.61. The number of nitrogens with zero attached hydrogens (tertiary/aromatic N) is 3. The van der Waals surface area contributed by atoms with Gasteiger partial charge < -0.3 is 19.9 Å². The molecular formula is C24H34N4O4. The van der Waals surface area contributed by atoms with E-state index in [-0.39, 0.29) is 23.4 Å². The predicted molar refractivity (Wildman–Crippen MR) is 121 cm³/mol. The van der Waals surface area contributed by atoms with E-state index in [1.165, 1.54) is 0 Å². The number of amides is 1. The smallest absolute Gasteiger partial charge is 0.269 e. The monoisotopic (exact) mass is 442 g/mol. The van der Waals surface area contributed by atoms with Crippen molar-refractivity contribution in [3.8, 4) is 11.5 Å². The molecule has 0 aliphatic carbocycles. The highest BCUT2D eigenvalue weighted by Gasteiger charge is 2.42. The van der Waals surface area contributed by atoms with Crippen molar-refractivity contribution in [2.45, 2.75) is 57.8 Å². The zero-order valence-corrected chi connectivity index (χ0v) is 19.3. The second kappa shape index (κ2) is 9.50. The van der Waals surface area contributed by atoms with Crippen LogP contribution < -0.4 is 10.1 Å². The summed E-state index contributed by atoms with van der Waals surface area (Å²) in [6.07, 6.45) is 3.96. The van der Waals surface area contributed by atoms with Crippen molar-refractivity contribution in [2.75, 3.05) is 26.2 Å². The van der Waals surface area contributed by atoms with Gasteiger partial charge in [0.1, 0.15) is 5.69 Å². The molecule has 4 rings (SSSR count). The number of hydrogen-bond acceptors (Lipinski definition) is 6. The molecule has 2 aliphatic heterocycles. The number of phenols is 1. The molecule has 0 saturated carbocycles. The second-order valence-electron chi connectivity index (χ2n) is 8.94. The molecule has 1 aromatic heterocycles. The van der Waals surface area contributed by atoms with E-state index < -0.39 is 0 Å². The van der Waals surface area contributed by atoms with E-state index in [2.05, 4.69) is 15.3 Å². The van der Waals surface area contributed by atoms with E-state index in [9.17, 15) is 9.90 Å². The van der Waals surface area contributed by atoms with Crippen molar-refractivity contribution in [1.82, 2.24) is 20.0 Å². The third kappa shape index (κ3) is 4.91. The molecule has 2 saturated heterocycles. The molecule has 2 N–H and O–H groups in total. The van der Waals surface area contributed by atoms with Gasteiger partial charge in [-0.15, -0.1) is 0 Å². The quantitative estimate of drug-likeness (QED) is 0.686. The number of nitrogens with one attached hydrogen (secondary N) is 1. The molecule has 2 aliphatic rings. The summed E-state index contributed by atoms with van der Waals surface area (Å²) in [4.78, 5) is 14.8. The molecular weight excluding hydrogens is 408 g/mol. The Bertz CT molecular complexity index is 949. The summed E-state index contributed by atoms with van der Waals surface area (Å²) in [7, 11) is 1.78. The molecule has 1 unspecified atom stereocenters. The number of hydrogen-bond donors (Lipinski definition) is 2. The Morgan fingerprint density at radius 1 is 1.34 bits per heavy atom. The average molecular weight is 443 g/mol. The fraction of sp³-hybridized carbons (Fsp3) is 0.583. The number of likely N-dealkylation sites (tertiary alicyclic amines) is 1. The summed E-state index contributed by atoms with van der Waals surface area (Å²) in [6.45, 7) is 7.39. The Hall–Kier alpha value is -2.58. The average Bonchev–Trinajstić information content (AvgIpc) is 3.33. The van der Waals surface area contributed by atoms with E-state index in [4.69, 9.17) is 9.47 Å². The second-order valence-corrected chi connectivity index (χ2v) is 8.94. The van der Waals surface area contributed by atoms with E-state index in [0.717, 1.165) is 50.0 Å². The minimum atomic E-state index is -0.110. The lowest BCUT2D eigenvalue weighted by Gasteiger charge is -2.39. The summed E-state index contributed by atoms with van der Waals surface area (Å²) >= 11 is 0. The number of benzene rings is 1. The highest BCUT2D eigenvalue weighted by molar-refractivity contribution is 5.92. The number of aromatic hydroxyl groups is 1. The van der Waals surface area contributed by atoms with E-state index in [1.807, 2.05) is 26.0 Å². The molecule has 2 aromatic rings. The number of para-hydroxylation sites is 1. The van der Waals surface area contributed by atoms with Crippen LogP contribution in [-0.2, 0) is 18.3 Å². The van der Waals surface area contributed by atoms with Crippen LogP contribution in [0.1, 0.15) is 54.4 Å². The summed E-state index contributed by atoms with van der Waals surface area (Å²) in [5.74, 6) is 0.677. The molecule has 32 heavy (non-hydrogen) atoms. The molecule has 174 valence electrons. The van der Waals surface area contributed by atoms with Crippen LogP contribution in [0.15, 0.2) is 24.3 Å². The normalized spacial score (nSPS) is 20.5. The van der Waals surface area contributed by atoms with Gasteiger partial charge >= 0.3 is 0 Å². The van der Waals surface area contributed by atoms with E-state index in [1.54, 1.807) is 23.9 Å². The van der Waals surface area contributed by atoms with Crippen molar-refractivity contribution in [3.63, 3.8) is 0 Å². The number of aromatic nitrogens is 2. The molecule has 1 spiro atoms. The van der Waals surface area contributed by atoms with Crippen molar-refractivity contribution in [1.29, 1.82) is 0 Å². The molecule has 1 atom stereocenters. The Labute approximate surface area is 189 Å². The first kappa shape index (κ1) is 22.6. The number of rotatable bonds is 7. The molecule has 0 radical (unpaired) electrons. The highest BCUT2D eigenvalue weighted by Crippen LogP contribution is 2.39. The van der Waals surface area contributed by atoms with E-state index >= 15 is 0 Å². The van der Waals surface area contributed by atoms with Gasteiger partial charge in [0, 0.05) is 38.8 Å². The van der Waals surface area contributed by atoms with Crippen molar-refractivity contribution < 1.29 is 19.4 Å². The summed E-state index contributed by atoms with van der Waals surface area (Å²) < 4.78 is 13.6. The van der Waals surface area contributed by atoms with Crippen LogP contribution in [0, 0.1) is 6.92 Å². The van der Waals surface area contributed by atoms with Crippen LogP contribution in [0.3, 0.4) is 0 Å². The summed E-state index contributed by atoms with van der Waals surface area (Å²) in [5.41, 5.74) is 2.20. The van der Waals surface area contributed by atoms with Gasteiger partial charge in [-0.1, -0.05) is 12.1 Å². The maximum Gasteiger partial charge on any atom is 0.269 e. The third-order valence-corrected chi connectivity index (χ3v) is 6.61. The summed E-state index contributed by atoms with van der Waals surface area (Å²) in [5, 5.41) is 17.7. The number of aryl methyl sites for hydroxylation is 2. The van der Waals surface area contributed by atoms with Crippen LogP contribution in [0.4, 0.5) is 0 Å². The molecule has 8 heteroatoms. The van der Waals surface area contributed by atoms with Crippen LogP contribution in [-0.4, -0.2) is 63.6 Å². The fourth-order valence-electron chi connectivity index (χ4n) is 4.85. The highest BCUT2D eigenvalue weighted by atomic mass is 16.5. The van der Waals surface area contributed by atoms with Gasteiger partial charge in [-0.05, 0) is 51.7 Å². The first-order valence-corrected chi connectivity index (χ1v) is 11.5. The summed E-state index contributed by atoms with van der Waals surface area (Å²) in [6, 6.07) is 7.48. The lowest BCUT2D eigenvalue weighted by molar-refractivity contribution is -0.0765. The largest absolute Gasteiger partial charge is 0.504 e. The standard InChI is InChI=1S/C24H34N4O4/c1-4-31-21-7-5-6-18(22(21)29)16-28-12-10-24(11-13-28)9-8-19(32-24)15-25-23(30)20-14-17(2)26-27(20)3/h5-7,14,19,29H,4,8-13,15-16H2,1-3H3,(H,25,30). The van der Waals surface area contributed by atoms with Gasteiger partial charge in [0.25, 0.3) is 5.91 Å². The number of piperidine rings is 1. The zero-order chi connectivity index (χ0) is 22.7. The lowest BCUT2D eigenvalue weighted by Crippen LogP contribution is -2.45. The molecule has 1 aromatic carbocycles. The number of phenolic OH excluding ortho intramolecular Hbond substituents is 1. The molecule has 8 nitrogen and oxygen atoms in total. The molecule has 3 heterocycles. The van der Waals surface area contributed by atoms with Gasteiger partial charge in [0.05, 0.1) is 24.0 Å². The Balaban J connectivity index is 1.26. The lowest BCUT2D eigenvalue weighted by atomic mass is 9.88. The number of ether oxygens (including phenoxy) is 2. The fourth-order valence-corrected chi connectivity index (χ4v) is 4.85. The first-order valence-electron chi connectivity index (χ1n) is 11.5. The zero-order valence-electron chi connectivity index (χ0n) is 19.3.